The van der Waals surface area contributed by atoms with Gasteiger partial charge in [0, 0.05) is 16.6 Å². The van der Waals surface area contributed by atoms with Crippen molar-refractivity contribution in [2.24, 2.45) is 0 Å². The minimum atomic E-state index is -0.985. The maximum atomic E-state index is 10.8. The van der Waals surface area contributed by atoms with Gasteiger partial charge in [-0.15, -0.1) is 0 Å². The van der Waals surface area contributed by atoms with Crippen molar-refractivity contribution in [3.63, 3.8) is 0 Å². The Morgan fingerprint density at radius 2 is 2.20 bits per heavy atom. The summed E-state index contributed by atoms with van der Waals surface area (Å²) in [7, 11) is 0. The van der Waals surface area contributed by atoms with Crippen LogP contribution in [0.5, 0.6) is 0 Å². The van der Waals surface area contributed by atoms with Crippen LogP contribution in [0.4, 0.5) is 0 Å². The number of carbonyl (C=O) groups is 1. The minimum absolute atomic E-state index is 0.125. The number of aliphatic carboxylic acids is 1. The number of hydrogen-bond donors (Lipinski definition) is 2. The Labute approximate surface area is 87.0 Å². The molecule has 0 aliphatic heterocycles. The number of hydrogen-bond acceptors (Lipinski definition) is 1. The van der Waals surface area contributed by atoms with Crippen LogP contribution in [0.15, 0.2) is 30.8 Å². The van der Waals surface area contributed by atoms with E-state index in [-0.39, 0.29) is 5.57 Å². The zero-order valence-electron chi connectivity index (χ0n) is 8.37. The topological polar surface area (TPSA) is 53.1 Å². The normalized spacial score (nSPS) is 10.5. The molecule has 0 saturated heterocycles. The van der Waals surface area contributed by atoms with Gasteiger partial charge in [0.25, 0.3) is 0 Å². The second-order valence-electron chi connectivity index (χ2n) is 3.50. The third kappa shape index (κ3) is 1.52. The minimum Gasteiger partial charge on any atom is -0.478 e. The molecule has 0 unspecified atom stereocenters. The molecular formula is C12H11NO2. The molecule has 0 aliphatic carbocycles. The molecule has 2 rings (SSSR count). The van der Waals surface area contributed by atoms with Gasteiger partial charge in [-0.25, -0.2) is 4.79 Å². The number of aryl methyl sites for hydroxylation is 1. The van der Waals surface area contributed by atoms with E-state index >= 15 is 0 Å². The number of benzene rings is 1. The van der Waals surface area contributed by atoms with Crippen molar-refractivity contribution < 1.29 is 9.90 Å². The summed E-state index contributed by atoms with van der Waals surface area (Å²) in [5, 5.41) is 9.80. The number of fused-ring (bicyclic) bond motifs is 1. The molecule has 0 bridgehead atoms. The van der Waals surface area contributed by atoms with Crippen LogP contribution in [0.1, 0.15) is 11.3 Å². The maximum Gasteiger partial charge on any atom is 0.335 e. The van der Waals surface area contributed by atoms with Crippen LogP contribution in [-0.2, 0) is 4.79 Å². The Morgan fingerprint density at radius 1 is 1.47 bits per heavy atom. The Balaban J connectivity index is 2.70. The number of carboxylic acids is 1. The zero-order chi connectivity index (χ0) is 11.0. The van der Waals surface area contributed by atoms with E-state index in [9.17, 15) is 4.79 Å². The summed E-state index contributed by atoms with van der Waals surface area (Å²) in [6.07, 6.45) is 0. The fourth-order valence-corrected chi connectivity index (χ4v) is 1.67. The zero-order valence-corrected chi connectivity index (χ0v) is 8.37. The van der Waals surface area contributed by atoms with Gasteiger partial charge >= 0.3 is 5.97 Å². The summed E-state index contributed by atoms with van der Waals surface area (Å²) < 4.78 is 0. The van der Waals surface area contributed by atoms with Gasteiger partial charge in [0.15, 0.2) is 0 Å². The van der Waals surface area contributed by atoms with Crippen LogP contribution in [0, 0.1) is 6.92 Å². The summed E-state index contributed by atoms with van der Waals surface area (Å²) >= 11 is 0. The largest absolute Gasteiger partial charge is 0.478 e. The standard InChI is InChI=1S/C12H11NO2/c1-7-6-10-9(8(2)12(14)15)4-3-5-11(10)13-7/h3-6,13H,2H2,1H3,(H,14,15). The molecule has 0 aliphatic rings. The van der Waals surface area contributed by atoms with E-state index in [1.165, 1.54) is 0 Å². The van der Waals surface area contributed by atoms with Crippen LogP contribution in [0.2, 0.25) is 0 Å². The molecule has 0 saturated carbocycles. The summed E-state index contributed by atoms with van der Waals surface area (Å²) in [5.74, 6) is -0.985. The smallest absolute Gasteiger partial charge is 0.335 e. The summed E-state index contributed by atoms with van der Waals surface area (Å²) in [6.45, 7) is 5.51. The molecule has 3 nitrogen and oxygen atoms in total. The molecule has 0 fully saturated rings. The van der Waals surface area contributed by atoms with Gasteiger partial charge in [-0.3, -0.25) is 0 Å². The molecule has 1 heterocycles. The number of nitrogens with one attached hydrogen (secondary N) is 1. The lowest BCUT2D eigenvalue weighted by Gasteiger charge is -2.01. The molecule has 2 N–H and O–H groups in total. The summed E-state index contributed by atoms with van der Waals surface area (Å²) in [5.41, 5.74) is 2.74. The molecule has 0 radical (unpaired) electrons. The molecule has 15 heavy (non-hydrogen) atoms. The Hall–Kier alpha value is -2.03. The predicted molar refractivity (Wildman–Crippen MR) is 59.7 cm³/mol. The molecular weight excluding hydrogens is 190 g/mol. The van der Waals surface area contributed by atoms with Gasteiger partial charge in [0.1, 0.15) is 0 Å². The average molecular weight is 201 g/mol. The number of aromatic amines is 1. The van der Waals surface area contributed by atoms with Gasteiger partial charge in [0.2, 0.25) is 0 Å². The second-order valence-corrected chi connectivity index (χ2v) is 3.50. The lowest BCUT2D eigenvalue weighted by molar-refractivity contribution is -0.130. The van der Waals surface area contributed by atoms with Crippen molar-refractivity contribution in [3.8, 4) is 0 Å². The van der Waals surface area contributed by atoms with Crippen LogP contribution < -0.4 is 0 Å². The highest BCUT2D eigenvalue weighted by Gasteiger charge is 2.11. The molecule has 1 aromatic carbocycles. The van der Waals surface area contributed by atoms with Gasteiger partial charge in [-0.05, 0) is 24.6 Å². The first-order valence-electron chi connectivity index (χ1n) is 4.60. The molecule has 0 atom stereocenters. The third-order valence-corrected chi connectivity index (χ3v) is 2.38. The van der Waals surface area contributed by atoms with Crippen molar-refractivity contribution in [2.75, 3.05) is 0 Å². The summed E-state index contributed by atoms with van der Waals surface area (Å²) in [6, 6.07) is 7.44. The molecule has 0 spiro atoms. The highest BCUT2D eigenvalue weighted by molar-refractivity contribution is 6.18. The van der Waals surface area contributed by atoms with E-state index in [1.807, 2.05) is 25.1 Å². The molecule has 1 aromatic heterocycles. The molecule has 76 valence electrons. The van der Waals surface area contributed by atoms with E-state index in [0.29, 0.717) is 5.56 Å². The van der Waals surface area contributed by atoms with Crippen molar-refractivity contribution in [2.45, 2.75) is 6.92 Å². The van der Waals surface area contributed by atoms with E-state index in [2.05, 4.69) is 11.6 Å². The fourth-order valence-electron chi connectivity index (χ4n) is 1.67. The van der Waals surface area contributed by atoms with Gasteiger partial charge in [-0.2, -0.15) is 0 Å². The average Bonchev–Trinajstić information content (AvgIpc) is 2.56. The number of rotatable bonds is 2. The Morgan fingerprint density at radius 3 is 2.87 bits per heavy atom. The van der Waals surface area contributed by atoms with E-state index < -0.39 is 5.97 Å². The third-order valence-electron chi connectivity index (χ3n) is 2.38. The first-order chi connectivity index (χ1) is 7.09. The van der Waals surface area contributed by atoms with Crippen LogP contribution >= 0.6 is 0 Å². The Bertz CT molecular complexity index is 552. The maximum absolute atomic E-state index is 10.8. The highest BCUT2D eigenvalue weighted by Crippen LogP contribution is 2.24. The van der Waals surface area contributed by atoms with Crippen molar-refractivity contribution >= 4 is 22.4 Å². The molecule has 2 aromatic rings. The number of carboxylic acid groups (broad SMARTS) is 1. The number of H-pyrrole nitrogens is 1. The summed E-state index contributed by atoms with van der Waals surface area (Å²) in [4.78, 5) is 14.0. The lowest BCUT2D eigenvalue weighted by atomic mass is 10.0. The van der Waals surface area contributed by atoms with Crippen molar-refractivity contribution in [3.05, 3.63) is 42.1 Å². The van der Waals surface area contributed by atoms with Crippen LogP contribution in [0.3, 0.4) is 0 Å². The monoisotopic (exact) mass is 201 g/mol. The lowest BCUT2D eigenvalue weighted by Crippen LogP contribution is -1.97. The van der Waals surface area contributed by atoms with Gasteiger partial charge in [-0.1, -0.05) is 18.7 Å². The van der Waals surface area contributed by atoms with Gasteiger partial charge < -0.3 is 10.1 Å². The predicted octanol–water partition coefficient (Wildman–Crippen LogP) is 2.57. The van der Waals surface area contributed by atoms with Gasteiger partial charge in [0.05, 0.1) is 5.57 Å². The molecule has 3 heteroatoms. The van der Waals surface area contributed by atoms with Crippen LogP contribution in [0.25, 0.3) is 16.5 Å². The quantitative estimate of drug-likeness (QED) is 0.734. The first-order valence-corrected chi connectivity index (χ1v) is 4.60. The number of aromatic nitrogens is 1. The van der Waals surface area contributed by atoms with Crippen molar-refractivity contribution in [1.82, 2.24) is 4.98 Å². The van der Waals surface area contributed by atoms with E-state index in [4.69, 9.17) is 5.11 Å². The van der Waals surface area contributed by atoms with Crippen LogP contribution in [-0.4, -0.2) is 16.1 Å². The van der Waals surface area contributed by atoms with Crippen molar-refractivity contribution in [1.29, 1.82) is 0 Å². The first kappa shape index (κ1) is 9.52. The van der Waals surface area contributed by atoms with E-state index in [1.54, 1.807) is 6.07 Å². The Kier molecular flexibility index (Phi) is 2.08. The fraction of sp³-hybridized carbons (Fsp3) is 0.0833. The van der Waals surface area contributed by atoms with E-state index in [0.717, 1.165) is 16.6 Å². The second kappa shape index (κ2) is 3.28. The SMILES string of the molecule is C=C(C(=O)O)c1cccc2[nH]c(C)cc12. The molecule has 0 amide bonds. The highest BCUT2D eigenvalue weighted by atomic mass is 16.4.